The number of hydrogen-bond acceptors (Lipinski definition) is 4. The molecule has 3 aliphatic rings. The number of ketones is 1. The lowest BCUT2D eigenvalue weighted by atomic mass is 9.71. The molecule has 1 aromatic heterocycles. The standard InChI is InChI=1S/C29H41N3O2/c1-17(2)10-20-12-22(13-20)28-30-31-29(32(28)23-8-9-23)26-16-24(34-5)15-25(26)27(33)14-21-7-6-18(3)11-19(21)4/h6-7,11,17,20,22-26H,8-10,12-16H2,1-5H3/t20?,22?,24?,25-,26-/m1/s1. The molecule has 1 aromatic carbocycles. The third-order valence-corrected chi connectivity index (χ3v) is 8.53. The van der Waals surface area contributed by atoms with Crippen molar-refractivity contribution in [2.45, 2.75) is 103 Å². The topological polar surface area (TPSA) is 57.0 Å². The molecule has 1 heterocycles. The van der Waals surface area contributed by atoms with Crippen LogP contribution in [0, 0.1) is 31.6 Å². The summed E-state index contributed by atoms with van der Waals surface area (Å²) in [4.78, 5) is 13.6. The molecule has 3 saturated carbocycles. The summed E-state index contributed by atoms with van der Waals surface area (Å²) in [5.74, 6) is 4.76. The van der Waals surface area contributed by atoms with Crippen LogP contribution in [0.1, 0.15) is 105 Å². The first-order chi connectivity index (χ1) is 16.3. The highest BCUT2D eigenvalue weighted by Gasteiger charge is 2.45. The Bertz CT molecular complexity index is 1030. The fraction of sp³-hybridized carbons (Fsp3) is 0.690. The van der Waals surface area contributed by atoms with Crippen LogP contribution in [0.15, 0.2) is 18.2 Å². The quantitative estimate of drug-likeness (QED) is 0.451. The van der Waals surface area contributed by atoms with E-state index in [1.807, 2.05) is 0 Å². The summed E-state index contributed by atoms with van der Waals surface area (Å²) < 4.78 is 8.25. The molecule has 0 aliphatic heterocycles. The molecule has 0 bridgehead atoms. The molecule has 0 N–H and O–H groups in total. The summed E-state index contributed by atoms with van der Waals surface area (Å²) in [5.41, 5.74) is 3.59. The van der Waals surface area contributed by atoms with Gasteiger partial charge < -0.3 is 9.30 Å². The summed E-state index contributed by atoms with van der Waals surface area (Å²) in [6.07, 6.45) is 8.48. The first-order valence-electron chi connectivity index (χ1n) is 13.4. The molecule has 3 atom stereocenters. The van der Waals surface area contributed by atoms with Gasteiger partial charge in [-0.15, -0.1) is 10.2 Å². The lowest BCUT2D eigenvalue weighted by molar-refractivity contribution is -0.122. The van der Waals surface area contributed by atoms with Gasteiger partial charge in [0.15, 0.2) is 0 Å². The van der Waals surface area contributed by atoms with Crippen molar-refractivity contribution in [3.8, 4) is 0 Å². The van der Waals surface area contributed by atoms with E-state index in [9.17, 15) is 4.79 Å². The zero-order chi connectivity index (χ0) is 24.0. The van der Waals surface area contributed by atoms with Gasteiger partial charge >= 0.3 is 0 Å². The molecule has 3 aliphatic carbocycles. The monoisotopic (exact) mass is 463 g/mol. The van der Waals surface area contributed by atoms with Crippen LogP contribution in [-0.4, -0.2) is 33.8 Å². The van der Waals surface area contributed by atoms with Crippen molar-refractivity contribution in [3.05, 3.63) is 46.5 Å². The minimum Gasteiger partial charge on any atom is -0.381 e. The molecule has 3 fully saturated rings. The third kappa shape index (κ3) is 4.73. The maximum atomic E-state index is 13.6. The molecule has 0 amide bonds. The third-order valence-electron chi connectivity index (χ3n) is 8.53. The highest BCUT2D eigenvalue weighted by atomic mass is 16.5. The van der Waals surface area contributed by atoms with Gasteiger partial charge in [0, 0.05) is 37.3 Å². The largest absolute Gasteiger partial charge is 0.381 e. The van der Waals surface area contributed by atoms with Crippen molar-refractivity contribution in [2.75, 3.05) is 7.11 Å². The summed E-state index contributed by atoms with van der Waals surface area (Å²) >= 11 is 0. The second-order valence-electron chi connectivity index (χ2n) is 11.8. The van der Waals surface area contributed by atoms with E-state index in [-0.39, 0.29) is 17.9 Å². The minimum atomic E-state index is -0.0460. The van der Waals surface area contributed by atoms with Gasteiger partial charge in [0.1, 0.15) is 17.4 Å². The predicted octanol–water partition coefficient (Wildman–Crippen LogP) is 6.09. The van der Waals surface area contributed by atoms with E-state index < -0.39 is 0 Å². The molecule has 184 valence electrons. The second kappa shape index (κ2) is 9.56. The molecule has 0 saturated heterocycles. The molecule has 5 nitrogen and oxygen atoms in total. The van der Waals surface area contributed by atoms with Crippen LogP contribution in [0.25, 0.3) is 0 Å². The SMILES string of the molecule is COC1C[C@@H](C(=O)Cc2ccc(C)cc2C)[C@H](c2nnc(C3CC(CC(C)C)C3)n2C2CC2)C1. The fourth-order valence-corrected chi connectivity index (χ4v) is 6.55. The number of nitrogens with zero attached hydrogens (tertiary/aromatic N) is 3. The van der Waals surface area contributed by atoms with Crippen molar-refractivity contribution in [2.24, 2.45) is 17.8 Å². The summed E-state index contributed by atoms with van der Waals surface area (Å²) in [6.45, 7) is 8.85. The van der Waals surface area contributed by atoms with E-state index in [0.717, 1.165) is 36.1 Å². The molecular formula is C29H41N3O2. The summed E-state index contributed by atoms with van der Waals surface area (Å²) in [7, 11) is 1.78. The van der Waals surface area contributed by atoms with E-state index in [1.165, 1.54) is 49.1 Å². The average Bonchev–Trinajstić information content (AvgIpc) is 3.36. The number of ether oxygens (including phenoxy) is 1. The average molecular weight is 464 g/mol. The number of aromatic nitrogens is 3. The van der Waals surface area contributed by atoms with Crippen molar-refractivity contribution >= 4 is 5.78 Å². The number of Topliss-reactive ketones (excluding diaryl/α,β-unsaturated/α-hetero) is 1. The molecule has 5 heteroatoms. The molecule has 1 unspecified atom stereocenters. The fourth-order valence-electron chi connectivity index (χ4n) is 6.55. The Morgan fingerprint density at radius 2 is 1.82 bits per heavy atom. The van der Waals surface area contributed by atoms with Crippen molar-refractivity contribution in [1.82, 2.24) is 14.8 Å². The van der Waals surface area contributed by atoms with E-state index in [1.54, 1.807) is 7.11 Å². The second-order valence-corrected chi connectivity index (χ2v) is 11.8. The van der Waals surface area contributed by atoms with Crippen LogP contribution in [0.5, 0.6) is 0 Å². The van der Waals surface area contributed by atoms with Gasteiger partial charge in [0.2, 0.25) is 0 Å². The Labute approximate surface area is 204 Å². The maximum Gasteiger partial charge on any atom is 0.141 e. The zero-order valence-electron chi connectivity index (χ0n) is 21.6. The van der Waals surface area contributed by atoms with Crippen LogP contribution in [0.4, 0.5) is 0 Å². The first-order valence-corrected chi connectivity index (χ1v) is 13.4. The van der Waals surface area contributed by atoms with Gasteiger partial charge in [-0.25, -0.2) is 0 Å². The van der Waals surface area contributed by atoms with Crippen molar-refractivity contribution in [3.63, 3.8) is 0 Å². The van der Waals surface area contributed by atoms with Gasteiger partial charge in [0.05, 0.1) is 6.10 Å². The molecule has 0 radical (unpaired) electrons. The number of aryl methyl sites for hydroxylation is 2. The number of carbonyl (C=O) groups excluding carboxylic acids is 1. The zero-order valence-corrected chi connectivity index (χ0v) is 21.6. The molecule has 5 rings (SSSR count). The van der Waals surface area contributed by atoms with Crippen molar-refractivity contribution in [1.29, 1.82) is 0 Å². The Morgan fingerprint density at radius 1 is 1.09 bits per heavy atom. The summed E-state index contributed by atoms with van der Waals surface area (Å²) in [5, 5.41) is 9.56. The Balaban J connectivity index is 1.38. The molecule has 34 heavy (non-hydrogen) atoms. The highest BCUT2D eigenvalue weighted by molar-refractivity contribution is 5.84. The van der Waals surface area contributed by atoms with Crippen molar-refractivity contribution < 1.29 is 9.53 Å². The van der Waals surface area contributed by atoms with Crippen LogP contribution in [0.2, 0.25) is 0 Å². The predicted molar refractivity (Wildman–Crippen MR) is 134 cm³/mol. The van der Waals surface area contributed by atoms with Crippen LogP contribution >= 0.6 is 0 Å². The number of carbonyl (C=O) groups is 1. The Kier molecular flexibility index (Phi) is 6.67. The van der Waals surface area contributed by atoms with E-state index >= 15 is 0 Å². The number of methoxy groups -OCH3 is 1. The lowest BCUT2D eigenvalue weighted by Crippen LogP contribution is -2.27. The Morgan fingerprint density at radius 3 is 2.47 bits per heavy atom. The van der Waals surface area contributed by atoms with Gasteiger partial charge in [-0.1, -0.05) is 37.6 Å². The van der Waals surface area contributed by atoms with Gasteiger partial charge in [0.25, 0.3) is 0 Å². The van der Waals surface area contributed by atoms with E-state index in [4.69, 9.17) is 14.9 Å². The van der Waals surface area contributed by atoms with Gasteiger partial charge in [-0.2, -0.15) is 0 Å². The molecule has 0 spiro atoms. The first kappa shape index (κ1) is 23.7. The van der Waals surface area contributed by atoms with Crippen LogP contribution < -0.4 is 0 Å². The molecule has 2 aromatic rings. The van der Waals surface area contributed by atoms with Crippen LogP contribution in [0.3, 0.4) is 0 Å². The molecular weight excluding hydrogens is 422 g/mol. The highest BCUT2D eigenvalue weighted by Crippen LogP contribution is 2.50. The number of benzene rings is 1. The normalized spacial score (nSPS) is 28.9. The Hall–Kier alpha value is -2.01. The van der Waals surface area contributed by atoms with Gasteiger partial charge in [-0.3, -0.25) is 4.79 Å². The van der Waals surface area contributed by atoms with E-state index in [0.29, 0.717) is 24.2 Å². The van der Waals surface area contributed by atoms with E-state index in [2.05, 4.69) is 50.5 Å². The maximum absolute atomic E-state index is 13.6. The van der Waals surface area contributed by atoms with Gasteiger partial charge in [-0.05, 0) is 81.8 Å². The summed E-state index contributed by atoms with van der Waals surface area (Å²) in [6, 6.07) is 6.94. The minimum absolute atomic E-state index is 0.0460. The number of rotatable bonds is 9. The lowest BCUT2D eigenvalue weighted by Gasteiger charge is -2.36. The number of hydrogen-bond donors (Lipinski definition) is 0. The van der Waals surface area contributed by atoms with Crippen LogP contribution in [-0.2, 0) is 16.0 Å². The smallest absolute Gasteiger partial charge is 0.141 e.